The number of pyridine rings is 1. The summed E-state index contributed by atoms with van der Waals surface area (Å²) in [6, 6.07) is 12.1. The molecule has 2 aromatic rings. The van der Waals surface area contributed by atoms with Gasteiger partial charge in [0, 0.05) is 37.6 Å². The number of carbonyl (C=O) groups excluding carboxylic acids is 2. The number of amides is 3. The zero-order chi connectivity index (χ0) is 19.6. The summed E-state index contributed by atoms with van der Waals surface area (Å²) in [6.45, 7) is 8.63. The van der Waals surface area contributed by atoms with E-state index in [1.807, 2.05) is 18.2 Å². The Labute approximate surface area is 159 Å². The molecule has 0 saturated carbocycles. The number of nitrogens with zero attached hydrogens (tertiary/aromatic N) is 3. The lowest BCUT2D eigenvalue weighted by molar-refractivity contribution is 0.0791. The summed E-state index contributed by atoms with van der Waals surface area (Å²) in [5.41, 5.74) is 1.96. The second-order valence-electron chi connectivity index (χ2n) is 5.97. The maximum Gasteiger partial charge on any atom is 0.321 e. The minimum absolute atomic E-state index is 0.111. The summed E-state index contributed by atoms with van der Waals surface area (Å²) in [6.07, 6.45) is 5.04. The number of urea groups is 1. The summed E-state index contributed by atoms with van der Waals surface area (Å²) in [5, 5.41) is 2.81. The SMILES string of the molecule is C=CCN(CC=C)C(=O)c1ccc(NC(=O)N(C)Cc2ccccn2)cc1. The average molecular weight is 364 g/mol. The van der Waals surface area contributed by atoms with Crippen molar-refractivity contribution in [3.63, 3.8) is 0 Å². The third kappa shape index (κ3) is 5.81. The third-order valence-corrected chi connectivity index (χ3v) is 3.84. The second-order valence-corrected chi connectivity index (χ2v) is 5.97. The number of nitrogens with one attached hydrogen (secondary N) is 1. The van der Waals surface area contributed by atoms with Gasteiger partial charge in [0.1, 0.15) is 0 Å². The quantitative estimate of drug-likeness (QED) is 0.729. The first-order valence-corrected chi connectivity index (χ1v) is 8.58. The highest BCUT2D eigenvalue weighted by atomic mass is 16.2. The van der Waals surface area contributed by atoms with Crippen LogP contribution in [0.15, 0.2) is 74.0 Å². The van der Waals surface area contributed by atoms with Crippen LogP contribution in [0.5, 0.6) is 0 Å². The monoisotopic (exact) mass is 364 g/mol. The molecule has 0 radical (unpaired) electrons. The van der Waals surface area contributed by atoms with Crippen LogP contribution in [-0.4, -0.2) is 46.9 Å². The van der Waals surface area contributed by atoms with Crippen molar-refractivity contribution in [3.05, 3.63) is 85.2 Å². The molecule has 6 nitrogen and oxygen atoms in total. The van der Waals surface area contributed by atoms with Gasteiger partial charge in [-0.25, -0.2) is 4.79 Å². The molecule has 27 heavy (non-hydrogen) atoms. The average Bonchev–Trinajstić information content (AvgIpc) is 2.68. The number of benzene rings is 1. The van der Waals surface area contributed by atoms with Crippen molar-refractivity contribution in [2.24, 2.45) is 0 Å². The number of carbonyl (C=O) groups is 2. The van der Waals surface area contributed by atoms with Crippen LogP contribution >= 0.6 is 0 Å². The van der Waals surface area contributed by atoms with Crippen LogP contribution < -0.4 is 5.32 Å². The lowest BCUT2D eigenvalue weighted by atomic mass is 10.1. The smallest absolute Gasteiger partial charge is 0.321 e. The van der Waals surface area contributed by atoms with Gasteiger partial charge in [-0.1, -0.05) is 18.2 Å². The topological polar surface area (TPSA) is 65.5 Å². The summed E-state index contributed by atoms with van der Waals surface area (Å²) < 4.78 is 0. The number of hydrogen-bond acceptors (Lipinski definition) is 3. The molecule has 0 saturated heterocycles. The van der Waals surface area contributed by atoms with Crippen LogP contribution in [0.4, 0.5) is 10.5 Å². The summed E-state index contributed by atoms with van der Waals surface area (Å²) in [7, 11) is 1.70. The molecular formula is C21H24N4O2. The Morgan fingerprint density at radius 1 is 1.07 bits per heavy atom. The number of hydrogen-bond donors (Lipinski definition) is 1. The Bertz CT molecular complexity index is 778. The van der Waals surface area contributed by atoms with Crippen LogP contribution in [0, 0.1) is 0 Å². The predicted octanol–water partition coefficient (Wildman–Crippen LogP) is 3.56. The van der Waals surface area contributed by atoms with Gasteiger partial charge < -0.3 is 15.1 Å². The van der Waals surface area contributed by atoms with Gasteiger partial charge in [-0.3, -0.25) is 9.78 Å². The molecule has 1 N–H and O–H groups in total. The lowest BCUT2D eigenvalue weighted by Gasteiger charge is -2.20. The standard InChI is InChI=1S/C21H24N4O2/c1-4-14-25(15-5-2)20(26)17-9-11-18(12-10-17)23-21(27)24(3)16-19-8-6-7-13-22-19/h4-13H,1-2,14-16H2,3H3,(H,23,27). The van der Waals surface area contributed by atoms with Crippen molar-refractivity contribution in [2.75, 3.05) is 25.5 Å². The lowest BCUT2D eigenvalue weighted by Crippen LogP contribution is -2.32. The van der Waals surface area contributed by atoms with Crippen molar-refractivity contribution >= 4 is 17.6 Å². The van der Waals surface area contributed by atoms with Crippen LogP contribution in [0.2, 0.25) is 0 Å². The van der Waals surface area contributed by atoms with Gasteiger partial charge in [0.05, 0.1) is 12.2 Å². The Balaban J connectivity index is 1.98. The molecule has 0 atom stereocenters. The first-order chi connectivity index (χ1) is 13.0. The molecule has 0 aliphatic carbocycles. The van der Waals surface area contributed by atoms with E-state index in [2.05, 4.69) is 23.5 Å². The molecule has 3 amide bonds. The number of anilines is 1. The van der Waals surface area contributed by atoms with E-state index in [1.165, 1.54) is 4.90 Å². The Kier molecular flexibility index (Phi) is 7.31. The maximum absolute atomic E-state index is 12.5. The second kappa shape index (κ2) is 9.91. The van der Waals surface area contributed by atoms with E-state index in [4.69, 9.17) is 0 Å². The van der Waals surface area contributed by atoms with E-state index in [9.17, 15) is 9.59 Å². The van der Waals surface area contributed by atoms with Gasteiger partial charge in [0.2, 0.25) is 0 Å². The highest BCUT2D eigenvalue weighted by Gasteiger charge is 2.14. The van der Waals surface area contributed by atoms with Crippen LogP contribution in [0.3, 0.4) is 0 Å². The molecule has 1 aromatic heterocycles. The van der Waals surface area contributed by atoms with Gasteiger partial charge >= 0.3 is 6.03 Å². The predicted molar refractivity (Wildman–Crippen MR) is 107 cm³/mol. The molecule has 0 aliphatic heterocycles. The van der Waals surface area contributed by atoms with Gasteiger partial charge in [0.25, 0.3) is 5.91 Å². The van der Waals surface area contributed by atoms with Gasteiger partial charge in [-0.05, 0) is 36.4 Å². The molecule has 2 rings (SSSR count). The Morgan fingerprint density at radius 3 is 2.30 bits per heavy atom. The number of rotatable bonds is 8. The highest BCUT2D eigenvalue weighted by Crippen LogP contribution is 2.13. The molecule has 1 heterocycles. The molecule has 6 heteroatoms. The van der Waals surface area contributed by atoms with Crippen molar-refractivity contribution in [2.45, 2.75) is 6.54 Å². The maximum atomic E-state index is 12.5. The van der Waals surface area contributed by atoms with E-state index in [0.29, 0.717) is 30.9 Å². The van der Waals surface area contributed by atoms with E-state index >= 15 is 0 Å². The van der Waals surface area contributed by atoms with E-state index in [0.717, 1.165) is 5.69 Å². The zero-order valence-corrected chi connectivity index (χ0v) is 15.5. The molecular weight excluding hydrogens is 340 g/mol. The fourth-order valence-electron chi connectivity index (χ4n) is 2.46. The van der Waals surface area contributed by atoms with E-state index < -0.39 is 0 Å². The van der Waals surface area contributed by atoms with Crippen molar-refractivity contribution in [1.29, 1.82) is 0 Å². The molecule has 0 unspecified atom stereocenters. The first-order valence-electron chi connectivity index (χ1n) is 8.58. The summed E-state index contributed by atoms with van der Waals surface area (Å²) >= 11 is 0. The minimum Gasteiger partial charge on any atom is -0.331 e. The van der Waals surface area contributed by atoms with E-state index in [1.54, 1.807) is 54.6 Å². The molecule has 0 bridgehead atoms. The molecule has 0 fully saturated rings. The number of aromatic nitrogens is 1. The largest absolute Gasteiger partial charge is 0.331 e. The van der Waals surface area contributed by atoms with Gasteiger partial charge in [-0.15, -0.1) is 13.2 Å². The molecule has 140 valence electrons. The Morgan fingerprint density at radius 2 is 1.74 bits per heavy atom. The first kappa shape index (κ1) is 19.9. The van der Waals surface area contributed by atoms with Crippen molar-refractivity contribution < 1.29 is 9.59 Å². The van der Waals surface area contributed by atoms with Gasteiger partial charge in [-0.2, -0.15) is 0 Å². The highest BCUT2D eigenvalue weighted by molar-refractivity contribution is 5.95. The summed E-state index contributed by atoms with van der Waals surface area (Å²) in [5.74, 6) is -0.111. The molecule has 1 aromatic carbocycles. The van der Waals surface area contributed by atoms with Gasteiger partial charge in [0.15, 0.2) is 0 Å². The summed E-state index contributed by atoms with van der Waals surface area (Å²) in [4.78, 5) is 32.2. The fraction of sp³-hybridized carbons (Fsp3) is 0.190. The zero-order valence-electron chi connectivity index (χ0n) is 15.5. The van der Waals surface area contributed by atoms with Crippen LogP contribution in [0.1, 0.15) is 16.1 Å². The molecule has 0 spiro atoms. The normalized spacial score (nSPS) is 9.96. The fourth-order valence-corrected chi connectivity index (χ4v) is 2.46. The van der Waals surface area contributed by atoms with Crippen molar-refractivity contribution in [3.8, 4) is 0 Å². The van der Waals surface area contributed by atoms with Crippen LogP contribution in [0.25, 0.3) is 0 Å². The third-order valence-electron chi connectivity index (χ3n) is 3.84. The molecule has 0 aliphatic rings. The minimum atomic E-state index is -0.250. The van der Waals surface area contributed by atoms with Crippen molar-refractivity contribution in [1.82, 2.24) is 14.8 Å². The van der Waals surface area contributed by atoms with E-state index in [-0.39, 0.29) is 11.9 Å². The Hall–Kier alpha value is -3.41. The van der Waals surface area contributed by atoms with Crippen LogP contribution in [-0.2, 0) is 6.54 Å².